The maximum absolute atomic E-state index is 12.2. The van der Waals surface area contributed by atoms with Gasteiger partial charge in [-0.2, -0.15) is 11.8 Å². The number of rotatable bonds is 7. The topological polar surface area (TPSA) is 46.3 Å². The number of carbonyl (C=O) groups is 1. The largest absolute Gasteiger partial charge is 0.337 e. The predicted octanol–water partition coefficient (Wildman–Crippen LogP) is 2.77. The van der Waals surface area contributed by atoms with Gasteiger partial charge in [0.25, 0.3) is 0 Å². The van der Waals surface area contributed by atoms with Crippen LogP contribution < -0.4 is 5.73 Å². The summed E-state index contributed by atoms with van der Waals surface area (Å²) in [6.45, 7) is 3.11. The number of nitrogens with zero attached hydrogens (tertiary/aromatic N) is 1. The van der Waals surface area contributed by atoms with Gasteiger partial charge in [0.2, 0.25) is 5.91 Å². The highest BCUT2D eigenvalue weighted by Gasteiger charge is 2.20. The SMILES string of the molecule is CCN(Cc1ccccc1Cl)C(=O)[C@H](N)CCSC. The normalized spacial score (nSPS) is 12.2. The first-order valence-corrected chi connectivity index (χ1v) is 8.14. The van der Waals surface area contributed by atoms with E-state index in [-0.39, 0.29) is 5.91 Å². The van der Waals surface area contributed by atoms with E-state index < -0.39 is 6.04 Å². The first kappa shape index (κ1) is 16.3. The summed E-state index contributed by atoms with van der Waals surface area (Å²) >= 11 is 7.82. The van der Waals surface area contributed by atoms with Crippen molar-refractivity contribution in [3.8, 4) is 0 Å². The van der Waals surface area contributed by atoms with Crippen molar-refractivity contribution in [1.29, 1.82) is 0 Å². The second-order valence-electron chi connectivity index (χ2n) is 4.33. The third-order valence-corrected chi connectivity index (χ3v) is 3.98. The fourth-order valence-electron chi connectivity index (χ4n) is 1.78. The Bertz CT molecular complexity index is 414. The zero-order valence-corrected chi connectivity index (χ0v) is 13.0. The summed E-state index contributed by atoms with van der Waals surface area (Å²) in [6.07, 6.45) is 2.72. The third kappa shape index (κ3) is 5.05. The van der Waals surface area contributed by atoms with E-state index in [1.54, 1.807) is 16.7 Å². The van der Waals surface area contributed by atoms with Crippen LogP contribution in [-0.2, 0) is 11.3 Å². The van der Waals surface area contributed by atoms with Crippen LogP contribution >= 0.6 is 23.4 Å². The van der Waals surface area contributed by atoms with Gasteiger partial charge >= 0.3 is 0 Å². The van der Waals surface area contributed by atoms with Crippen molar-refractivity contribution in [3.05, 3.63) is 34.9 Å². The summed E-state index contributed by atoms with van der Waals surface area (Å²) in [5, 5.41) is 0.687. The fraction of sp³-hybridized carbons (Fsp3) is 0.500. The van der Waals surface area contributed by atoms with Crippen LogP contribution in [0.15, 0.2) is 24.3 Å². The number of halogens is 1. The molecule has 0 saturated carbocycles. The summed E-state index contributed by atoms with van der Waals surface area (Å²) in [7, 11) is 0. The van der Waals surface area contributed by atoms with Gasteiger partial charge in [-0.15, -0.1) is 0 Å². The molecule has 0 aliphatic rings. The molecule has 1 aromatic carbocycles. The molecule has 1 aromatic rings. The second kappa shape index (κ2) is 8.46. The minimum Gasteiger partial charge on any atom is -0.337 e. The van der Waals surface area contributed by atoms with Gasteiger partial charge in [0.1, 0.15) is 0 Å². The van der Waals surface area contributed by atoms with E-state index in [0.717, 1.165) is 11.3 Å². The number of hydrogen-bond acceptors (Lipinski definition) is 3. The molecule has 0 radical (unpaired) electrons. The standard InChI is InChI=1S/C14H21ClN2OS/c1-3-17(14(18)13(16)8-9-19-2)10-11-6-4-5-7-12(11)15/h4-7,13H,3,8-10,16H2,1-2H3/t13-/m1/s1. The zero-order valence-electron chi connectivity index (χ0n) is 11.4. The fourth-order valence-corrected chi connectivity index (χ4v) is 2.47. The second-order valence-corrected chi connectivity index (χ2v) is 5.72. The Balaban J connectivity index is 2.67. The first-order chi connectivity index (χ1) is 9.10. The van der Waals surface area contributed by atoms with Crippen molar-refractivity contribution in [2.45, 2.75) is 25.9 Å². The van der Waals surface area contributed by atoms with E-state index in [4.69, 9.17) is 17.3 Å². The molecule has 0 heterocycles. The molecule has 1 atom stereocenters. The van der Waals surface area contributed by atoms with Crippen molar-refractivity contribution < 1.29 is 4.79 Å². The molecule has 1 amide bonds. The summed E-state index contributed by atoms with van der Waals surface area (Å²) in [4.78, 5) is 14.0. The van der Waals surface area contributed by atoms with Crippen LogP contribution in [0.5, 0.6) is 0 Å². The van der Waals surface area contributed by atoms with Crippen molar-refractivity contribution in [2.24, 2.45) is 5.73 Å². The van der Waals surface area contributed by atoms with Crippen LogP contribution in [0.2, 0.25) is 5.02 Å². The van der Waals surface area contributed by atoms with Gasteiger partial charge in [0, 0.05) is 18.1 Å². The lowest BCUT2D eigenvalue weighted by Gasteiger charge is -2.24. The highest BCUT2D eigenvalue weighted by atomic mass is 35.5. The Morgan fingerprint density at radius 3 is 2.74 bits per heavy atom. The number of carbonyl (C=O) groups excluding carboxylic acids is 1. The number of benzene rings is 1. The molecule has 1 rings (SSSR count). The molecule has 0 aliphatic carbocycles. The Labute approximate surface area is 124 Å². The van der Waals surface area contributed by atoms with E-state index in [9.17, 15) is 4.79 Å². The van der Waals surface area contributed by atoms with Crippen molar-refractivity contribution in [3.63, 3.8) is 0 Å². The van der Waals surface area contributed by atoms with E-state index in [1.807, 2.05) is 37.4 Å². The molecule has 0 fully saturated rings. The van der Waals surface area contributed by atoms with Crippen LogP contribution in [0.4, 0.5) is 0 Å². The molecule has 0 bridgehead atoms. The number of likely N-dealkylation sites (N-methyl/N-ethyl adjacent to an activating group) is 1. The molecule has 0 saturated heterocycles. The zero-order chi connectivity index (χ0) is 14.3. The maximum Gasteiger partial charge on any atom is 0.239 e. The quantitative estimate of drug-likeness (QED) is 0.842. The van der Waals surface area contributed by atoms with Gasteiger partial charge in [0.05, 0.1) is 6.04 Å². The Hall–Kier alpha value is -0.710. The average molecular weight is 301 g/mol. The van der Waals surface area contributed by atoms with Gasteiger partial charge in [-0.05, 0) is 37.0 Å². The monoisotopic (exact) mass is 300 g/mol. The van der Waals surface area contributed by atoms with Gasteiger partial charge in [-0.25, -0.2) is 0 Å². The van der Waals surface area contributed by atoms with Crippen LogP contribution in [-0.4, -0.2) is 35.4 Å². The minimum atomic E-state index is -0.421. The van der Waals surface area contributed by atoms with Crippen LogP contribution in [0.3, 0.4) is 0 Å². The lowest BCUT2D eigenvalue weighted by Crippen LogP contribution is -2.43. The van der Waals surface area contributed by atoms with E-state index in [0.29, 0.717) is 24.5 Å². The van der Waals surface area contributed by atoms with Crippen molar-refractivity contribution in [2.75, 3.05) is 18.6 Å². The van der Waals surface area contributed by atoms with E-state index in [2.05, 4.69) is 0 Å². The molecule has 2 N–H and O–H groups in total. The molecule has 19 heavy (non-hydrogen) atoms. The Kier molecular flexibility index (Phi) is 7.28. The van der Waals surface area contributed by atoms with Gasteiger partial charge in [-0.1, -0.05) is 29.8 Å². The van der Waals surface area contributed by atoms with Crippen LogP contribution in [0.25, 0.3) is 0 Å². The third-order valence-electron chi connectivity index (χ3n) is 2.96. The summed E-state index contributed by atoms with van der Waals surface area (Å²) in [5.41, 5.74) is 6.89. The number of thioether (sulfide) groups is 1. The Morgan fingerprint density at radius 2 is 2.16 bits per heavy atom. The molecule has 3 nitrogen and oxygen atoms in total. The van der Waals surface area contributed by atoms with E-state index >= 15 is 0 Å². The van der Waals surface area contributed by atoms with Gasteiger partial charge < -0.3 is 10.6 Å². The molecule has 5 heteroatoms. The number of nitrogens with two attached hydrogens (primary N) is 1. The lowest BCUT2D eigenvalue weighted by molar-refractivity contribution is -0.133. The highest BCUT2D eigenvalue weighted by molar-refractivity contribution is 7.98. The highest BCUT2D eigenvalue weighted by Crippen LogP contribution is 2.17. The minimum absolute atomic E-state index is 0.00327. The average Bonchev–Trinajstić information content (AvgIpc) is 2.43. The summed E-state index contributed by atoms with van der Waals surface area (Å²) in [5.74, 6) is 0.896. The summed E-state index contributed by atoms with van der Waals surface area (Å²) < 4.78 is 0. The van der Waals surface area contributed by atoms with Crippen LogP contribution in [0, 0.1) is 0 Å². The number of hydrogen-bond donors (Lipinski definition) is 1. The maximum atomic E-state index is 12.2. The smallest absolute Gasteiger partial charge is 0.239 e. The Morgan fingerprint density at radius 1 is 1.47 bits per heavy atom. The van der Waals surface area contributed by atoms with Gasteiger partial charge in [0.15, 0.2) is 0 Å². The van der Waals surface area contributed by atoms with Crippen molar-refractivity contribution >= 4 is 29.3 Å². The van der Waals surface area contributed by atoms with Crippen molar-refractivity contribution in [1.82, 2.24) is 4.90 Å². The van der Waals surface area contributed by atoms with E-state index in [1.165, 1.54) is 0 Å². The lowest BCUT2D eigenvalue weighted by atomic mass is 10.1. The first-order valence-electron chi connectivity index (χ1n) is 6.36. The molecule has 106 valence electrons. The molecular formula is C14H21ClN2OS. The summed E-state index contributed by atoms with van der Waals surface area (Å²) in [6, 6.07) is 7.16. The molecule has 0 aromatic heterocycles. The van der Waals surface area contributed by atoms with Gasteiger partial charge in [-0.3, -0.25) is 4.79 Å². The predicted molar refractivity (Wildman–Crippen MR) is 83.5 cm³/mol. The number of amides is 1. The molecular weight excluding hydrogens is 280 g/mol. The molecule has 0 aliphatic heterocycles. The molecule has 0 unspecified atom stereocenters. The molecule has 0 spiro atoms. The van der Waals surface area contributed by atoms with Crippen LogP contribution in [0.1, 0.15) is 18.9 Å².